The van der Waals surface area contributed by atoms with Crippen molar-refractivity contribution in [2.24, 2.45) is 4.99 Å². The van der Waals surface area contributed by atoms with E-state index in [2.05, 4.69) is 9.98 Å². The zero-order valence-corrected chi connectivity index (χ0v) is 14.1. The van der Waals surface area contributed by atoms with Gasteiger partial charge in [0.2, 0.25) is 0 Å². The van der Waals surface area contributed by atoms with Crippen LogP contribution in [0.4, 0.5) is 13.2 Å². The third-order valence-corrected chi connectivity index (χ3v) is 3.94. The van der Waals surface area contributed by atoms with Crippen LogP contribution < -0.4 is 4.74 Å². The highest BCUT2D eigenvalue weighted by atomic mass is 32.2. The summed E-state index contributed by atoms with van der Waals surface area (Å²) in [6.07, 6.45) is -2.76. The van der Waals surface area contributed by atoms with Crippen molar-refractivity contribution in [3.63, 3.8) is 0 Å². The van der Waals surface area contributed by atoms with Crippen LogP contribution in [-0.2, 0) is 11.0 Å². The average molecular weight is 356 g/mol. The number of aromatic nitrogens is 1. The van der Waals surface area contributed by atoms with Crippen molar-refractivity contribution >= 4 is 33.5 Å². The third-order valence-electron chi connectivity index (χ3n) is 3.20. The zero-order chi connectivity index (χ0) is 17.9. The summed E-state index contributed by atoms with van der Waals surface area (Å²) in [5.41, 5.74) is -0.271. The van der Waals surface area contributed by atoms with Crippen molar-refractivity contribution in [1.29, 1.82) is 0 Å². The van der Waals surface area contributed by atoms with Gasteiger partial charge in [-0.05, 0) is 37.4 Å². The molecule has 0 atom stereocenters. The lowest BCUT2D eigenvalue weighted by molar-refractivity contribution is -0.141. The summed E-state index contributed by atoms with van der Waals surface area (Å²) < 4.78 is 43.9. The summed E-state index contributed by atoms with van der Waals surface area (Å²) in [5.74, 6) is 0.142. The lowest BCUT2D eigenvalue weighted by Crippen LogP contribution is -2.09. The average Bonchev–Trinajstić information content (AvgIpc) is 2.53. The molecule has 0 aliphatic rings. The predicted octanol–water partition coefficient (Wildman–Crippen LogP) is 3.96. The molecule has 0 aliphatic heterocycles. The number of hydrogen-bond acceptors (Lipinski definition) is 5. The Balaban J connectivity index is 2.68. The number of fused-ring (bicyclic) bond motifs is 1. The van der Waals surface area contributed by atoms with E-state index in [1.807, 2.05) is 0 Å². The highest BCUT2D eigenvalue weighted by molar-refractivity contribution is 8.13. The summed E-state index contributed by atoms with van der Waals surface area (Å²) >= 11 is 1.31. The number of ketones is 1. The standard InChI is InChI=1S/C16H15F3N2O2S/c1-9(22)8-20-15(24-3)11-4-6-12(23-2)14-10(11)5-7-13(21-14)16(17,18)19/h4-7H,8H2,1-3H3/b20-15-. The Morgan fingerprint density at radius 3 is 2.54 bits per heavy atom. The van der Waals surface area contributed by atoms with Gasteiger partial charge in [-0.15, -0.1) is 11.8 Å². The van der Waals surface area contributed by atoms with Gasteiger partial charge in [0.05, 0.1) is 18.7 Å². The molecular weight excluding hydrogens is 341 g/mol. The second kappa shape index (κ2) is 7.21. The fraction of sp³-hybridized carbons (Fsp3) is 0.312. The molecule has 0 amide bonds. The van der Waals surface area contributed by atoms with E-state index in [9.17, 15) is 18.0 Å². The quantitative estimate of drug-likeness (QED) is 0.615. The van der Waals surface area contributed by atoms with Gasteiger partial charge in [0.1, 0.15) is 17.0 Å². The van der Waals surface area contributed by atoms with Crippen LogP contribution in [0.3, 0.4) is 0 Å². The lowest BCUT2D eigenvalue weighted by Gasteiger charge is -2.13. The molecule has 0 N–H and O–H groups in total. The van der Waals surface area contributed by atoms with E-state index in [-0.39, 0.29) is 23.6 Å². The second-order valence-electron chi connectivity index (χ2n) is 4.93. The fourth-order valence-electron chi connectivity index (χ4n) is 2.14. The van der Waals surface area contributed by atoms with Crippen LogP contribution in [0.5, 0.6) is 5.75 Å². The monoisotopic (exact) mass is 356 g/mol. The first-order valence-electron chi connectivity index (χ1n) is 6.91. The van der Waals surface area contributed by atoms with Gasteiger partial charge < -0.3 is 4.74 Å². The number of pyridine rings is 1. The molecule has 0 fully saturated rings. The molecule has 24 heavy (non-hydrogen) atoms. The molecule has 0 radical (unpaired) electrons. The van der Waals surface area contributed by atoms with Gasteiger partial charge in [0.25, 0.3) is 0 Å². The Labute approximate surface area is 141 Å². The predicted molar refractivity (Wildman–Crippen MR) is 88.9 cm³/mol. The van der Waals surface area contributed by atoms with Gasteiger partial charge in [0.15, 0.2) is 5.78 Å². The van der Waals surface area contributed by atoms with Gasteiger partial charge in [0, 0.05) is 10.9 Å². The first kappa shape index (κ1) is 18.3. The van der Waals surface area contributed by atoms with E-state index in [4.69, 9.17) is 4.74 Å². The summed E-state index contributed by atoms with van der Waals surface area (Å²) in [7, 11) is 1.37. The first-order chi connectivity index (χ1) is 11.3. The number of Topliss-reactive ketones (excluding diaryl/α,β-unsaturated/α-hetero) is 1. The minimum Gasteiger partial charge on any atom is -0.494 e. The molecule has 0 aliphatic carbocycles. The Bertz CT molecular complexity index is 804. The normalized spacial score (nSPS) is 12.5. The van der Waals surface area contributed by atoms with Crippen LogP contribution >= 0.6 is 11.8 Å². The number of carbonyl (C=O) groups excluding carboxylic acids is 1. The van der Waals surface area contributed by atoms with Crippen molar-refractivity contribution in [3.8, 4) is 5.75 Å². The number of alkyl halides is 3. The molecule has 0 spiro atoms. The molecular formula is C16H15F3N2O2S. The van der Waals surface area contributed by atoms with E-state index >= 15 is 0 Å². The molecule has 2 rings (SSSR count). The minimum absolute atomic E-state index is 0.0117. The van der Waals surface area contributed by atoms with E-state index in [1.165, 1.54) is 31.9 Å². The molecule has 0 saturated heterocycles. The molecule has 1 heterocycles. The van der Waals surface area contributed by atoms with Gasteiger partial charge in [-0.1, -0.05) is 0 Å². The van der Waals surface area contributed by atoms with E-state index in [1.54, 1.807) is 18.4 Å². The first-order valence-corrected chi connectivity index (χ1v) is 8.13. The number of methoxy groups -OCH3 is 1. The van der Waals surface area contributed by atoms with Gasteiger partial charge in [-0.3, -0.25) is 9.79 Å². The summed E-state index contributed by atoms with van der Waals surface area (Å²) in [4.78, 5) is 19.1. The number of thioether (sulfide) groups is 1. The maximum Gasteiger partial charge on any atom is 0.433 e. The van der Waals surface area contributed by atoms with Crippen LogP contribution in [0.1, 0.15) is 18.2 Å². The van der Waals surface area contributed by atoms with Crippen molar-refractivity contribution in [1.82, 2.24) is 4.98 Å². The van der Waals surface area contributed by atoms with Crippen LogP contribution in [-0.4, -0.2) is 35.7 Å². The number of rotatable bonds is 4. The van der Waals surface area contributed by atoms with Gasteiger partial charge in [-0.2, -0.15) is 13.2 Å². The summed E-state index contributed by atoms with van der Waals surface area (Å²) in [6.45, 7) is 1.43. The van der Waals surface area contributed by atoms with Gasteiger partial charge in [-0.25, -0.2) is 4.98 Å². The molecule has 1 aromatic carbocycles. The molecule has 2 aromatic rings. The van der Waals surface area contributed by atoms with Crippen LogP contribution in [0.15, 0.2) is 29.3 Å². The largest absolute Gasteiger partial charge is 0.494 e. The zero-order valence-electron chi connectivity index (χ0n) is 13.3. The number of benzene rings is 1. The van der Waals surface area contributed by atoms with Gasteiger partial charge >= 0.3 is 6.18 Å². The van der Waals surface area contributed by atoms with Crippen molar-refractivity contribution < 1.29 is 22.7 Å². The maximum absolute atomic E-state index is 12.9. The third kappa shape index (κ3) is 3.87. The Morgan fingerprint density at radius 1 is 1.29 bits per heavy atom. The summed E-state index contributed by atoms with van der Waals surface area (Å²) in [6, 6.07) is 5.52. The van der Waals surface area contributed by atoms with Crippen molar-refractivity contribution in [2.45, 2.75) is 13.1 Å². The molecule has 8 heteroatoms. The van der Waals surface area contributed by atoms with Crippen molar-refractivity contribution in [3.05, 3.63) is 35.5 Å². The Morgan fingerprint density at radius 2 is 2.00 bits per heavy atom. The maximum atomic E-state index is 12.9. The second-order valence-corrected chi connectivity index (χ2v) is 5.73. The summed E-state index contributed by atoms with van der Waals surface area (Å²) in [5, 5.41) is 1.04. The lowest BCUT2D eigenvalue weighted by atomic mass is 10.1. The molecule has 0 unspecified atom stereocenters. The van der Waals surface area contributed by atoms with Crippen LogP contribution in [0.25, 0.3) is 10.9 Å². The number of carbonyl (C=O) groups is 1. The van der Waals surface area contributed by atoms with E-state index in [0.29, 0.717) is 16.0 Å². The molecule has 0 bridgehead atoms. The molecule has 0 saturated carbocycles. The van der Waals surface area contributed by atoms with Crippen molar-refractivity contribution in [2.75, 3.05) is 19.9 Å². The van der Waals surface area contributed by atoms with Crippen LogP contribution in [0, 0.1) is 0 Å². The molecule has 4 nitrogen and oxygen atoms in total. The highest BCUT2D eigenvalue weighted by Gasteiger charge is 2.33. The minimum atomic E-state index is -4.54. The van der Waals surface area contributed by atoms with E-state index in [0.717, 1.165) is 6.07 Å². The number of halogens is 3. The topological polar surface area (TPSA) is 51.5 Å². The number of hydrogen-bond donors (Lipinski definition) is 0. The molecule has 128 valence electrons. The Kier molecular flexibility index (Phi) is 5.48. The highest BCUT2D eigenvalue weighted by Crippen LogP contribution is 2.34. The number of nitrogens with zero attached hydrogens (tertiary/aromatic N) is 2. The smallest absolute Gasteiger partial charge is 0.433 e. The van der Waals surface area contributed by atoms with E-state index < -0.39 is 11.9 Å². The fourth-order valence-corrected chi connectivity index (χ4v) is 2.74. The molecule has 1 aromatic heterocycles. The SMILES string of the molecule is COc1ccc(/C(=N/CC(C)=O)SC)c2ccc(C(F)(F)F)nc12. The Hall–Kier alpha value is -2.09. The number of aliphatic imine (C=N–C) groups is 1. The van der Waals surface area contributed by atoms with Crippen LogP contribution in [0.2, 0.25) is 0 Å². The number of ether oxygens (including phenoxy) is 1.